The summed E-state index contributed by atoms with van der Waals surface area (Å²) in [6.07, 6.45) is 5.16. The van der Waals surface area contributed by atoms with Crippen molar-refractivity contribution >= 4 is 16.5 Å². The summed E-state index contributed by atoms with van der Waals surface area (Å²) in [4.78, 5) is 6.80. The van der Waals surface area contributed by atoms with Crippen LogP contribution in [0.4, 0.5) is 5.69 Å². The number of hydrogen-bond acceptors (Lipinski definition) is 2. The number of benzene rings is 1. The molecule has 2 bridgehead atoms. The second kappa shape index (κ2) is 3.94. The predicted octanol–water partition coefficient (Wildman–Crippen LogP) is 2.27. The lowest BCUT2D eigenvalue weighted by atomic mass is 10.1. The van der Waals surface area contributed by atoms with Gasteiger partial charge in [0.15, 0.2) is 0 Å². The summed E-state index contributed by atoms with van der Waals surface area (Å²) in [5.41, 5.74) is 1.39. The topological polar surface area (TPSA) is 16.1 Å². The lowest BCUT2D eigenvalue weighted by Crippen LogP contribution is -2.55. The number of aromatic nitrogens is 1. The van der Waals surface area contributed by atoms with Gasteiger partial charge in [0.25, 0.3) is 0 Å². The lowest BCUT2D eigenvalue weighted by Gasteiger charge is -2.40. The molecule has 2 aliphatic rings. The molecule has 4 rings (SSSR count). The molecule has 0 saturated carbocycles. The van der Waals surface area contributed by atoms with Gasteiger partial charge in [-0.15, -0.1) is 0 Å². The van der Waals surface area contributed by atoms with Crippen LogP contribution < -0.4 is 4.90 Å². The van der Waals surface area contributed by atoms with Gasteiger partial charge in [-0.05, 0) is 23.6 Å². The number of likely N-dealkylation sites (N-methyl/N-ethyl adjacent to an activating group) is 1. The van der Waals surface area contributed by atoms with Gasteiger partial charge < -0.3 is 9.38 Å². The van der Waals surface area contributed by atoms with Crippen LogP contribution in [0.3, 0.4) is 0 Å². The summed E-state index contributed by atoms with van der Waals surface area (Å²) in [5, 5.41) is 2.53. The Hall–Kier alpha value is -1.61. The van der Waals surface area contributed by atoms with E-state index in [2.05, 4.69) is 41.2 Å². The maximum absolute atomic E-state index is 4.19. The molecule has 3 nitrogen and oxygen atoms in total. The highest BCUT2D eigenvalue weighted by molar-refractivity contribution is 5.85. The fourth-order valence-corrected chi connectivity index (χ4v) is 3.73. The van der Waals surface area contributed by atoms with E-state index in [4.69, 9.17) is 0 Å². The van der Waals surface area contributed by atoms with Crippen molar-refractivity contribution in [1.82, 2.24) is 4.98 Å². The van der Waals surface area contributed by atoms with E-state index < -0.39 is 0 Å². The first-order valence-corrected chi connectivity index (χ1v) is 7.18. The van der Waals surface area contributed by atoms with Crippen molar-refractivity contribution in [3.8, 4) is 0 Å². The first-order valence-electron chi connectivity index (χ1n) is 7.18. The molecule has 0 N–H and O–H groups in total. The third kappa shape index (κ3) is 1.80. The van der Waals surface area contributed by atoms with Crippen molar-refractivity contribution in [2.24, 2.45) is 0 Å². The fraction of sp³-hybridized carbons (Fsp3) is 0.438. The average Bonchev–Trinajstić information content (AvgIpc) is 2.74. The zero-order valence-corrected chi connectivity index (χ0v) is 11.4. The third-order valence-electron chi connectivity index (χ3n) is 4.93. The zero-order valence-electron chi connectivity index (χ0n) is 11.4. The summed E-state index contributed by atoms with van der Waals surface area (Å²) in [6, 6.07) is 9.63. The normalized spacial score (nSPS) is 29.9. The summed E-state index contributed by atoms with van der Waals surface area (Å²) in [5.74, 6) is 0. The van der Waals surface area contributed by atoms with Crippen molar-refractivity contribution in [3.05, 3.63) is 36.7 Å². The molecule has 2 atom stereocenters. The molecule has 1 aromatic carbocycles. The van der Waals surface area contributed by atoms with Crippen molar-refractivity contribution in [3.63, 3.8) is 0 Å². The van der Waals surface area contributed by atoms with Gasteiger partial charge >= 0.3 is 0 Å². The molecular weight excluding hydrogens is 234 g/mol. The molecule has 3 heteroatoms. The van der Waals surface area contributed by atoms with Gasteiger partial charge in [0.2, 0.25) is 0 Å². The maximum atomic E-state index is 4.19. The van der Waals surface area contributed by atoms with Crippen molar-refractivity contribution in [1.29, 1.82) is 0 Å². The Morgan fingerprint density at radius 3 is 3.11 bits per heavy atom. The molecule has 19 heavy (non-hydrogen) atoms. The molecule has 2 unspecified atom stereocenters. The SMILES string of the molecule is C[N+]12CCC(C1)N(c1ccc3cnccc3c1)CC2. The molecule has 0 spiro atoms. The van der Waals surface area contributed by atoms with Crippen molar-refractivity contribution < 1.29 is 4.48 Å². The first-order chi connectivity index (χ1) is 9.23. The minimum absolute atomic E-state index is 0.734. The number of fused-ring (bicyclic) bond motifs is 3. The second-order valence-electron chi connectivity index (χ2n) is 6.29. The van der Waals surface area contributed by atoms with E-state index in [9.17, 15) is 0 Å². The Morgan fingerprint density at radius 1 is 1.21 bits per heavy atom. The number of piperazine rings is 1. The Morgan fingerprint density at radius 2 is 2.16 bits per heavy atom. The molecule has 2 aromatic rings. The van der Waals surface area contributed by atoms with Crippen LogP contribution in [0.2, 0.25) is 0 Å². The van der Waals surface area contributed by atoms with E-state index in [-0.39, 0.29) is 0 Å². The van der Waals surface area contributed by atoms with Crippen LogP contribution in [0.5, 0.6) is 0 Å². The number of pyridine rings is 1. The quantitative estimate of drug-likeness (QED) is 0.726. The highest BCUT2D eigenvalue weighted by Gasteiger charge is 2.42. The van der Waals surface area contributed by atoms with Gasteiger partial charge in [0.1, 0.15) is 0 Å². The predicted molar refractivity (Wildman–Crippen MR) is 78.3 cm³/mol. The van der Waals surface area contributed by atoms with Gasteiger partial charge in [-0.3, -0.25) is 4.98 Å². The second-order valence-corrected chi connectivity index (χ2v) is 6.29. The van der Waals surface area contributed by atoms with Crippen LogP contribution >= 0.6 is 0 Å². The van der Waals surface area contributed by atoms with Gasteiger partial charge in [-0.25, -0.2) is 0 Å². The monoisotopic (exact) mass is 254 g/mol. The third-order valence-corrected chi connectivity index (χ3v) is 4.93. The Balaban J connectivity index is 1.71. The van der Waals surface area contributed by atoms with E-state index in [0.717, 1.165) is 6.04 Å². The van der Waals surface area contributed by atoms with Gasteiger partial charge in [-0.1, -0.05) is 6.07 Å². The zero-order chi connectivity index (χ0) is 12.9. The lowest BCUT2D eigenvalue weighted by molar-refractivity contribution is -0.899. The number of hydrogen-bond donors (Lipinski definition) is 0. The summed E-state index contributed by atoms with van der Waals surface area (Å²) < 4.78 is 1.28. The molecule has 0 radical (unpaired) electrons. The van der Waals surface area contributed by atoms with E-state index >= 15 is 0 Å². The smallest absolute Gasteiger partial charge is 0.0994 e. The molecule has 2 saturated heterocycles. The largest absolute Gasteiger partial charge is 0.357 e. The minimum atomic E-state index is 0.734. The molecule has 1 aromatic heterocycles. The Bertz CT molecular complexity index is 624. The van der Waals surface area contributed by atoms with E-state index in [1.165, 1.54) is 53.5 Å². The minimum Gasteiger partial charge on any atom is -0.357 e. The van der Waals surface area contributed by atoms with E-state index in [1.54, 1.807) is 0 Å². The molecule has 0 aliphatic carbocycles. The Labute approximate surface area is 114 Å². The van der Waals surface area contributed by atoms with E-state index in [0.29, 0.717) is 0 Å². The Kier molecular flexibility index (Phi) is 2.33. The van der Waals surface area contributed by atoms with Crippen LogP contribution in [0.15, 0.2) is 36.7 Å². The highest BCUT2D eigenvalue weighted by atomic mass is 15.4. The van der Waals surface area contributed by atoms with Crippen LogP contribution in [0.1, 0.15) is 6.42 Å². The van der Waals surface area contributed by atoms with Crippen molar-refractivity contribution in [2.75, 3.05) is 38.1 Å². The van der Waals surface area contributed by atoms with E-state index in [1.807, 2.05) is 12.4 Å². The van der Waals surface area contributed by atoms with Gasteiger partial charge in [-0.2, -0.15) is 0 Å². The van der Waals surface area contributed by atoms with Crippen LogP contribution in [0.25, 0.3) is 10.8 Å². The number of quaternary nitrogens is 1. The van der Waals surface area contributed by atoms with Gasteiger partial charge in [0.05, 0.1) is 39.3 Å². The molecule has 98 valence electrons. The fourth-order valence-electron chi connectivity index (χ4n) is 3.73. The molecule has 3 heterocycles. The van der Waals surface area contributed by atoms with Crippen molar-refractivity contribution in [2.45, 2.75) is 12.5 Å². The molecule has 0 amide bonds. The highest BCUT2D eigenvalue weighted by Crippen LogP contribution is 2.31. The van der Waals surface area contributed by atoms with Crippen LogP contribution in [-0.2, 0) is 0 Å². The van der Waals surface area contributed by atoms with Gasteiger partial charge in [0, 0.05) is 29.9 Å². The number of anilines is 1. The van der Waals surface area contributed by atoms with Crippen LogP contribution in [-0.4, -0.2) is 48.7 Å². The molecule has 2 aliphatic heterocycles. The van der Waals surface area contributed by atoms with Crippen LogP contribution in [0, 0.1) is 0 Å². The summed E-state index contributed by atoms with van der Waals surface area (Å²) in [6.45, 7) is 5.13. The standard InChI is InChI=1S/C16H20N3/c1-19-8-5-16(12-19)18(7-9-19)15-3-2-14-11-17-6-4-13(14)10-15/h2-4,6,10-11,16H,5,7-9,12H2,1H3/q+1. The number of rotatable bonds is 1. The maximum Gasteiger partial charge on any atom is 0.0994 e. The number of nitrogens with zero attached hydrogens (tertiary/aromatic N) is 3. The molecule has 2 fully saturated rings. The first kappa shape index (κ1) is 11.2. The summed E-state index contributed by atoms with van der Waals surface area (Å²) in [7, 11) is 2.41. The molecular formula is C16H20N3+. The average molecular weight is 254 g/mol. The summed E-state index contributed by atoms with van der Waals surface area (Å²) >= 11 is 0.